The second-order valence-corrected chi connectivity index (χ2v) is 6.45. The molecule has 2 aromatic carbocycles. The van der Waals surface area contributed by atoms with Gasteiger partial charge in [0.2, 0.25) is 0 Å². The lowest BCUT2D eigenvalue weighted by Gasteiger charge is -2.08. The van der Waals surface area contributed by atoms with Crippen molar-refractivity contribution in [3.05, 3.63) is 71.4 Å². The van der Waals surface area contributed by atoms with Crippen molar-refractivity contribution in [1.29, 1.82) is 0 Å². The molecular formula is C21H24N4O2. The molecule has 0 spiro atoms. The average Bonchev–Trinajstić information content (AvgIpc) is 3.17. The number of amides is 1. The van der Waals surface area contributed by atoms with E-state index in [1.165, 1.54) is 0 Å². The number of rotatable bonds is 8. The van der Waals surface area contributed by atoms with Crippen LogP contribution in [0.3, 0.4) is 0 Å². The summed E-state index contributed by atoms with van der Waals surface area (Å²) < 4.78 is 0. The number of hydrogen-bond acceptors (Lipinski definition) is 4. The molecule has 0 bridgehead atoms. The van der Waals surface area contributed by atoms with Crippen LogP contribution in [0.2, 0.25) is 0 Å². The number of hydrogen-bond donors (Lipinski definition) is 4. The highest BCUT2D eigenvalue weighted by Gasteiger charge is 2.10. The Kier molecular flexibility index (Phi) is 6.22. The van der Waals surface area contributed by atoms with Crippen LogP contribution < -0.4 is 10.6 Å². The summed E-state index contributed by atoms with van der Waals surface area (Å²) >= 11 is 0. The quantitative estimate of drug-likeness (QED) is 0.463. The number of nitrogens with zero attached hydrogens (tertiary/aromatic N) is 1. The lowest BCUT2D eigenvalue weighted by Crippen LogP contribution is -2.27. The van der Waals surface area contributed by atoms with Crippen molar-refractivity contribution in [2.24, 2.45) is 0 Å². The standard InChI is InChI=1S/C21H24N4O2/c1-15-8-9-17(20(26)12-15)14-22-10-5-11-23-21(27)19-13-18(24-25-19)16-6-3-2-4-7-16/h2-4,6-9,12-13,22,26H,5,10-11,14H2,1H3,(H,23,27)(H,24,25). The van der Waals surface area contributed by atoms with Gasteiger partial charge in [0.05, 0.1) is 5.69 Å². The van der Waals surface area contributed by atoms with Crippen LogP contribution in [0.4, 0.5) is 0 Å². The minimum Gasteiger partial charge on any atom is -0.508 e. The molecule has 0 fully saturated rings. The van der Waals surface area contributed by atoms with Gasteiger partial charge in [-0.15, -0.1) is 0 Å². The molecule has 6 nitrogen and oxygen atoms in total. The van der Waals surface area contributed by atoms with E-state index in [1.807, 2.05) is 49.4 Å². The zero-order chi connectivity index (χ0) is 19.1. The number of carbonyl (C=O) groups is 1. The van der Waals surface area contributed by atoms with Crippen LogP contribution in [0.1, 0.15) is 28.0 Å². The van der Waals surface area contributed by atoms with E-state index in [0.29, 0.717) is 24.5 Å². The predicted octanol–water partition coefficient (Wildman–Crippen LogP) is 3.00. The molecule has 1 amide bonds. The molecule has 140 valence electrons. The number of aromatic hydroxyl groups is 1. The van der Waals surface area contributed by atoms with Crippen molar-refractivity contribution in [3.63, 3.8) is 0 Å². The minimum absolute atomic E-state index is 0.166. The molecule has 0 saturated heterocycles. The van der Waals surface area contributed by atoms with Gasteiger partial charge in [-0.25, -0.2) is 0 Å². The van der Waals surface area contributed by atoms with Crippen molar-refractivity contribution in [3.8, 4) is 17.0 Å². The van der Waals surface area contributed by atoms with Gasteiger partial charge in [0.15, 0.2) is 0 Å². The summed E-state index contributed by atoms with van der Waals surface area (Å²) in [4.78, 5) is 12.2. The van der Waals surface area contributed by atoms with Crippen molar-refractivity contribution >= 4 is 5.91 Å². The maximum atomic E-state index is 12.2. The number of aromatic amines is 1. The fourth-order valence-corrected chi connectivity index (χ4v) is 2.75. The van der Waals surface area contributed by atoms with Crippen LogP contribution in [0.15, 0.2) is 54.6 Å². The zero-order valence-corrected chi connectivity index (χ0v) is 15.3. The number of carbonyl (C=O) groups excluding carboxylic acids is 1. The molecule has 0 radical (unpaired) electrons. The van der Waals surface area contributed by atoms with Gasteiger partial charge in [-0.05, 0) is 37.6 Å². The second kappa shape index (κ2) is 9.00. The van der Waals surface area contributed by atoms with E-state index in [4.69, 9.17) is 0 Å². The maximum absolute atomic E-state index is 12.2. The first-order valence-corrected chi connectivity index (χ1v) is 9.02. The molecule has 1 heterocycles. The first kappa shape index (κ1) is 18.7. The lowest BCUT2D eigenvalue weighted by atomic mass is 10.1. The molecule has 0 aliphatic carbocycles. The van der Waals surface area contributed by atoms with Crippen LogP contribution in [0.25, 0.3) is 11.3 Å². The first-order valence-electron chi connectivity index (χ1n) is 9.02. The van der Waals surface area contributed by atoms with E-state index in [-0.39, 0.29) is 5.91 Å². The van der Waals surface area contributed by atoms with Crippen molar-refractivity contribution < 1.29 is 9.90 Å². The third-order valence-corrected chi connectivity index (χ3v) is 4.26. The van der Waals surface area contributed by atoms with E-state index in [0.717, 1.165) is 35.3 Å². The highest BCUT2D eigenvalue weighted by atomic mass is 16.3. The average molecular weight is 364 g/mol. The molecule has 0 unspecified atom stereocenters. The Morgan fingerprint density at radius 3 is 2.70 bits per heavy atom. The molecule has 0 atom stereocenters. The van der Waals surface area contributed by atoms with Crippen molar-refractivity contribution in [2.75, 3.05) is 13.1 Å². The molecule has 3 rings (SSSR count). The summed E-state index contributed by atoms with van der Waals surface area (Å²) in [5.41, 5.74) is 4.08. The smallest absolute Gasteiger partial charge is 0.269 e. The zero-order valence-electron chi connectivity index (χ0n) is 15.3. The van der Waals surface area contributed by atoms with Gasteiger partial charge < -0.3 is 15.7 Å². The van der Waals surface area contributed by atoms with Gasteiger partial charge in [-0.2, -0.15) is 5.10 Å². The molecular weight excluding hydrogens is 340 g/mol. The molecule has 0 saturated carbocycles. The molecule has 4 N–H and O–H groups in total. The number of nitrogens with one attached hydrogen (secondary N) is 3. The maximum Gasteiger partial charge on any atom is 0.269 e. The van der Waals surface area contributed by atoms with E-state index in [1.54, 1.807) is 12.1 Å². The van der Waals surface area contributed by atoms with Crippen molar-refractivity contribution in [1.82, 2.24) is 20.8 Å². The van der Waals surface area contributed by atoms with E-state index >= 15 is 0 Å². The molecule has 0 aliphatic heterocycles. The summed E-state index contributed by atoms with van der Waals surface area (Å²) in [7, 11) is 0. The number of phenolic OH excluding ortho intramolecular Hbond substituents is 1. The number of benzene rings is 2. The van der Waals surface area contributed by atoms with Crippen LogP contribution in [0.5, 0.6) is 5.75 Å². The summed E-state index contributed by atoms with van der Waals surface area (Å²) in [5.74, 6) is 0.144. The normalized spacial score (nSPS) is 10.7. The summed E-state index contributed by atoms with van der Waals surface area (Å²) in [5, 5.41) is 23.0. The third-order valence-electron chi connectivity index (χ3n) is 4.26. The predicted molar refractivity (Wildman–Crippen MR) is 106 cm³/mol. The molecule has 0 aliphatic rings. The van der Waals surface area contributed by atoms with Crippen molar-refractivity contribution in [2.45, 2.75) is 19.9 Å². The van der Waals surface area contributed by atoms with Gasteiger partial charge in [-0.3, -0.25) is 9.89 Å². The third kappa shape index (κ3) is 5.18. The number of phenols is 1. The largest absolute Gasteiger partial charge is 0.508 e. The second-order valence-electron chi connectivity index (χ2n) is 6.45. The first-order chi connectivity index (χ1) is 13.1. The Labute approximate surface area is 158 Å². The Hall–Kier alpha value is -3.12. The molecule has 27 heavy (non-hydrogen) atoms. The SMILES string of the molecule is Cc1ccc(CNCCCNC(=O)c2cc(-c3ccccc3)n[nH]2)c(O)c1. The Bertz CT molecular complexity index is 890. The summed E-state index contributed by atoms with van der Waals surface area (Å²) in [6, 6.07) is 17.1. The highest BCUT2D eigenvalue weighted by molar-refractivity contribution is 5.93. The Morgan fingerprint density at radius 1 is 1.11 bits per heavy atom. The molecule has 3 aromatic rings. The molecule has 6 heteroatoms. The summed E-state index contributed by atoms with van der Waals surface area (Å²) in [6.07, 6.45) is 0.790. The lowest BCUT2D eigenvalue weighted by molar-refractivity contribution is 0.0948. The van der Waals surface area contributed by atoms with E-state index in [2.05, 4.69) is 20.8 Å². The van der Waals surface area contributed by atoms with Gasteiger partial charge >= 0.3 is 0 Å². The summed E-state index contributed by atoms with van der Waals surface area (Å²) in [6.45, 7) is 3.85. The van der Waals surface area contributed by atoms with E-state index < -0.39 is 0 Å². The Balaban J connectivity index is 1.38. The van der Waals surface area contributed by atoms with Crippen LogP contribution >= 0.6 is 0 Å². The monoisotopic (exact) mass is 364 g/mol. The fourth-order valence-electron chi connectivity index (χ4n) is 2.75. The number of aromatic nitrogens is 2. The van der Waals surface area contributed by atoms with Crippen LogP contribution in [-0.2, 0) is 6.54 Å². The molecule has 1 aromatic heterocycles. The fraction of sp³-hybridized carbons (Fsp3) is 0.238. The van der Waals surface area contributed by atoms with Gasteiger partial charge in [0, 0.05) is 24.2 Å². The highest BCUT2D eigenvalue weighted by Crippen LogP contribution is 2.18. The van der Waals surface area contributed by atoms with Gasteiger partial charge in [0.25, 0.3) is 5.91 Å². The van der Waals surface area contributed by atoms with Crippen LogP contribution in [0, 0.1) is 6.92 Å². The number of aryl methyl sites for hydroxylation is 1. The van der Waals surface area contributed by atoms with Gasteiger partial charge in [-0.1, -0.05) is 42.5 Å². The number of H-pyrrole nitrogens is 1. The minimum atomic E-state index is -0.166. The van der Waals surface area contributed by atoms with Gasteiger partial charge in [0.1, 0.15) is 11.4 Å². The van der Waals surface area contributed by atoms with E-state index in [9.17, 15) is 9.90 Å². The Morgan fingerprint density at radius 2 is 1.93 bits per heavy atom. The topological polar surface area (TPSA) is 90.0 Å². The van der Waals surface area contributed by atoms with Crippen LogP contribution in [-0.4, -0.2) is 34.3 Å².